The molecule has 0 radical (unpaired) electrons. The first-order valence-corrected chi connectivity index (χ1v) is 10.6. The molecule has 3 heterocycles. The van der Waals surface area contributed by atoms with Crippen molar-refractivity contribution in [1.82, 2.24) is 29.9 Å². The summed E-state index contributed by atoms with van der Waals surface area (Å²) in [6.45, 7) is 5.12. The maximum atomic E-state index is 13.0. The molecular weight excluding hydrogens is 441 g/mol. The summed E-state index contributed by atoms with van der Waals surface area (Å²) in [5, 5.41) is 6.98. The van der Waals surface area contributed by atoms with Crippen LogP contribution in [0.2, 0.25) is 0 Å². The Morgan fingerprint density at radius 2 is 1.88 bits per heavy atom. The number of carbonyl (C=O) groups is 2. The molecule has 0 unspecified atom stereocenters. The topological polar surface area (TPSA) is 92.6 Å². The maximum Gasteiger partial charge on any atom is 0.417 e. The summed E-state index contributed by atoms with van der Waals surface area (Å²) in [6.07, 6.45) is -1.58. The first-order chi connectivity index (χ1) is 15.7. The molecule has 2 aromatic rings. The molecule has 1 N–H and O–H groups in total. The van der Waals surface area contributed by atoms with E-state index in [0.29, 0.717) is 50.6 Å². The van der Waals surface area contributed by atoms with Crippen molar-refractivity contribution < 1.29 is 27.5 Å². The van der Waals surface area contributed by atoms with Gasteiger partial charge >= 0.3 is 6.18 Å². The molecule has 1 saturated heterocycles. The van der Waals surface area contributed by atoms with Gasteiger partial charge in [0.25, 0.3) is 5.91 Å². The van der Waals surface area contributed by atoms with Gasteiger partial charge in [0, 0.05) is 52.6 Å². The zero-order valence-corrected chi connectivity index (χ0v) is 18.6. The van der Waals surface area contributed by atoms with Crippen LogP contribution in [0.5, 0.6) is 0 Å². The second-order valence-electron chi connectivity index (χ2n) is 7.72. The first-order valence-electron chi connectivity index (χ1n) is 10.6. The molecule has 0 aliphatic carbocycles. The Balaban J connectivity index is 1.55. The SMILES string of the molecule is COCCCNC(=O)CN1CCN(C(=O)c2cnn(-c3ccc(C(F)(F)F)cn3)c2C)CC1. The van der Waals surface area contributed by atoms with E-state index in [1.165, 1.54) is 16.9 Å². The molecule has 0 bridgehead atoms. The third-order valence-electron chi connectivity index (χ3n) is 5.41. The lowest BCUT2D eigenvalue weighted by Gasteiger charge is -2.34. The minimum Gasteiger partial charge on any atom is -0.385 e. The van der Waals surface area contributed by atoms with Crippen molar-refractivity contribution in [2.45, 2.75) is 19.5 Å². The van der Waals surface area contributed by atoms with Crippen LogP contribution in [0.25, 0.3) is 5.82 Å². The molecule has 2 aromatic heterocycles. The van der Waals surface area contributed by atoms with Gasteiger partial charge < -0.3 is 15.0 Å². The van der Waals surface area contributed by atoms with Gasteiger partial charge in [-0.05, 0) is 25.5 Å². The molecule has 33 heavy (non-hydrogen) atoms. The van der Waals surface area contributed by atoms with Crippen molar-refractivity contribution >= 4 is 11.8 Å². The third kappa shape index (κ3) is 6.29. The molecule has 3 rings (SSSR count). The number of ether oxygens (including phenoxy) is 1. The standard InChI is InChI=1S/C21H27F3N6O3/c1-15-17(13-27-30(15)18-5-4-16(12-26-18)21(22,23)24)20(32)29-9-7-28(8-10-29)14-19(31)25-6-3-11-33-2/h4-5,12-13H,3,6-11,14H2,1-2H3,(H,25,31). The van der Waals surface area contributed by atoms with Gasteiger partial charge in [-0.3, -0.25) is 14.5 Å². The zero-order valence-electron chi connectivity index (χ0n) is 18.6. The number of piperazine rings is 1. The Morgan fingerprint density at radius 1 is 1.15 bits per heavy atom. The summed E-state index contributed by atoms with van der Waals surface area (Å²) < 4.78 is 44.6. The normalized spacial score (nSPS) is 15.0. The van der Waals surface area contributed by atoms with Gasteiger partial charge in [0.05, 0.1) is 29.6 Å². The highest BCUT2D eigenvalue weighted by Gasteiger charge is 2.31. The summed E-state index contributed by atoms with van der Waals surface area (Å²) in [5.74, 6) is -0.0812. The van der Waals surface area contributed by atoms with Crippen LogP contribution >= 0.6 is 0 Å². The number of hydrogen-bond donors (Lipinski definition) is 1. The third-order valence-corrected chi connectivity index (χ3v) is 5.41. The highest BCUT2D eigenvalue weighted by molar-refractivity contribution is 5.95. The van der Waals surface area contributed by atoms with E-state index in [4.69, 9.17) is 4.74 Å². The molecule has 2 amide bonds. The number of halogens is 3. The van der Waals surface area contributed by atoms with Gasteiger partial charge in [-0.2, -0.15) is 18.3 Å². The lowest BCUT2D eigenvalue weighted by Crippen LogP contribution is -2.51. The maximum absolute atomic E-state index is 13.0. The van der Waals surface area contributed by atoms with Crippen LogP contribution in [-0.4, -0.2) is 89.4 Å². The first kappa shape index (κ1) is 24.6. The van der Waals surface area contributed by atoms with E-state index in [-0.39, 0.29) is 24.2 Å². The number of carbonyl (C=O) groups excluding carboxylic acids is 2. The fourth-order valence-electron chi connectivity index (χ4n) is 3.51. The Hall–Kier alpha value is -2.99. The van der Waals surface area contributed by atoms with E-state index in [1.807, 2.05) is 4.90 Å². The fourth-order valence-corrected chi connectivity index (χ4v) is 3.51. The monoisotopic (exact) mass is 468 g/mol. The van der Waals surface area contributed by atoms with E-state index < -0.39 is 11.7 Å². The Kier molecular flexibility index (Phi) is 8.03. The summed E-state index contributed by atoms with van der Waals surface area (Å²) in [7, 11) is 1.61. The van der Waals surface area contributed by atoms with Crippen LogP contribution in [-0.2, 0) is 15.7 Å². The number of nitrogens with zero attached hydrogens (tertiary/aromatic N) is 5. The molecular formula is C21H27F3N6O3. The fraction of sp³-hybridized carbons (Fsp3) is 0.524. The predicted molar refractivity (Wildman–Crippen MR) is 113 cm³/mol. The minimum absolute atomic E-state index is 0.0629. The number of hydrogen-bond acceptors (Lipinski definition) is 6. The molecule has 9 nitrogen and oxygen atoms in total. The Morgan fingerprint density at radius 3 is 2.48 bits per heavy atom. The smallest absolute Gasteiger partial charge is 0.385 e. The van der Waals surface area contributed by atoms with E-state index >= 15 is 0 Å². The van der Waals surface area contributed by atoms with Gasteiger partial charge in [0.1, 0.15) is 0 Å². The van der Waals surface area contributed by atoms with Crippen molar-refractivity contribution in [2.24, 2.45) is 0 Å². The minimum atomic E-state index is -4.47. The van der Waals surface area contributed by atoms with Gasteiger partial charge in [0.2, 0.25) is 5.91 Å². The second kappa shape index (κ2) is 10.8. The van der Waals surface area contributed by atoms with Crippen molar-refractivity contribution in [3.8, 4) is 5.82 Å². The highest BCUT2D eigenvalue weighted by atomic mass is 19.4. The number of pyridine rings is 1. The summed E-state index contributed by atoms with van der Waals surface area (Å²) >= 11 is 0. The Bertz CT molecular complexity index is 953. The molecule has 0 spiro atoms. The molecule has 1 aliphatic heterocycles. The number of methoxy groups -OCH3 is 1. The van der Waals surface area contributed by atoms with Crippen LogP contribution in [0.1, 0.15) is 28.0 Å². The molecule has 1 aliphatic rings. The van der Waals surface area contributed by atoms with Crippen LogP contribution in [0.15, 0.2) is 24.5 Å². The van der Waals surface area contributed by atoms with Gasteiger partial charge in [-0.1, -0.05) is 0 Å². The average Bonchev–Trinajstić information content (AvgIpc) is 3.17. The van der Waals surface area contributed by atoms with Crippen molar-refractivity contribution in [1.29, 1.82) is 0 Å². The number of amides is 2. The van der Waals surface area contributed by atoms with Crippen molar-refractivity contribution in [2.75, 3.05) is 53.0 Å². The van der Waals surface area contributed by atoms with Crippen LogP contribution in [0, 0.1) is 6.92 Å². The Labute approximate surface area is 189 Å². The van der Waals surface area contributed by atoms with Crippen LogP contribution in [0.3, 0.4) is 0 Å². The highest BCUT2D eigenvalue weighted by Crippen LogP contribution is 2.29. The number of rotatable bonds is 8. The van der Waals surface area contributed by atoms with E-state index in [1.54, 1.807) is 18.9 Å². The predicted octanol–water partition coefficient (Wildman–Crippen LogP) is 1.51. The quantitative estimate of drug-likeness (QED) is 0.591. The van der Waals surface area contributed by atoms with E-state index in [2.05, 4.69) is 15.4 Å². The van der Waals surface area contributed by atoms with Crippen LogP contribution < -0.4 is 5.32 Å². The molecule has 180 valence electrons. The van der Waals surface area contributed by atoms with Gasteiger partial charge in [0.15, 0.2) is 5.82 Å². The molecule has 12 heteroatoms. The molecule has 0 atom stereocenters. The molecule has 0 aromatic carbocycles. The van der Waals surface area contributed by atoms with Crippen LogP contribution in [0.4, 0.5) is 13.2 Å². The zero-order chi connectivity index (χ0) is 24.0. The second-order valence-corrected chi connectivity index (χ2v) is 7.72. The van der Waals surface area contributed by atoms with E-state index in [9.17, 15) is 22.8 Å². The lowest BCUT2D eigenvalue weighted by molar-refractivity contribution is -0.137. The molecule has 0 saturated carbocycles. The number of aromatic nitrogens is 3. The largest absolute Gasteiger partial charge is 0.417 e. The summed E-state index contributed by atoms with van der Waals surface area (Å²) in [5.41, 5.74) is 0.0000431. The van der Waals surface area contributed by atoms with Gasteiger partial charge in [-0.25, -0.2) is 9.67 Å². The van der Waals surface area contributed by atoms with Crippen molar-refractivity contribution in [3.05, 3.63) is 41.3 Å². The van der Waals surface area contributed by atoms with Crippen molar-refractivity contribution in [3.63, 3.8) is 0 Å². The summed E-state index contributed by atoms with van der Waals surface area (Å²) in [4.78, 5) is 32.5. The number of nitrogens with one attached hydrogen (secondary N) is 1. The molecule has 1 fully saturated rings. The number of alkyl halides is 3. The van der Waals surface area contributed by atoms with E-state index in [0.717, 1.165) is 18.7 Å². The summed E-state index contributed by atoms with van der Waals surface area (Å²) in [6, 6.07) is 2.15. The van der Waals surface area contributed by atoms with Gasteiger partial charge in [-0.15, -0.1) is 0 Å². The lowest BCUT2D eigenvalue weighted by atomic mass is 10.2. The average molecular weight is 468 g/mol.